The van der Waals surface area contributed by atoms with Crippen molar-refractivity contribution in [2.24, 2.45) is 0 Å². The van der Waals surface area contributed by atoms with E-state index in [0.29, 0.717) is 36.0 Å². The normalized spacial score (nSPS) is 16.9. The van der Waals surface area contributed by atoms with E-state index in [4.69, 9.17) is 24.1 Å². The van der Waals surface area contributed by atoms with Gasteiger partial charge in [0.1, 0.15) is 25.1 Å². The van der Waals surface area contributed by atoms with Gasteiger partial charge < -0.3 is 39.6 Å². The van der Waals surface area contributed by atoms with Crippen molar-refractivity contribution >= 4 is 5.97 Å². The molecule has 2 aromatic rings. The molecule has 2 aromatic carbocycles. The van der Waals surface area contributed by atoms with Crippen LogP contribution in [0.1, 0.15) is 12.5 Å². The Hall–Kier alpha value is -3.17. The van der Waals surface area contributed by atoms with Crippen LogP contribution in [0, 0.1) is 0 Å². The summed E-state index contributed by atoms with van der Waals surface area (Å²) in [5, 5.41) is 32.0. The first-order chi connectivity index (χ1) is 14.9. The molecule has 1 heterocycles. The number of ether oxygens (including phenoxy) is 4. The number of hydrogen-bond donors (Lipinski definition) is 4. The van der Waals surface area contributed by atoms with Gasteiger partial charge in [-0.1, -0.05) is 6.07 Å². The first-order valence-corrected chi connectivity index (χ1v) is 9.92. The van der Waals surface area contributed by atoms with Crippen molar-refractivity contribution in [2.45, 2.75) is 31.6 Å². The number of fused-ring (bicyclic) bond motifs is 1. The van der Waals surface area contributed by atoms with E-state index in [2.05, 4.69) is 5.32 Å². The highest BCUT2D eigenvalue weighted by atomic mass is 16.6. The zero-order valence-electron chi connectivity index (χ0n) is 17.4. The smallest absolute Gasteiger partial charge is 0.348 e. The van der Waals surface area contributed by atoms with E-state index in [1.807, 2.05) is 19.1 Å². The number of phenols is 1. The second kappa shape index (κ2) is 10.2. The van der Waals surface area contributed by atoms with E-state index >= 15 is 0 Å². The highest BCUT2D eigenvalue weighted by Gasteiger charge is 2.27. The molecular formula is C22H27NO8. The second-order valence-electron chi connectivity index (χ2n) is 7.35. The van der Waals surface area contributed by atoms with Crippen molar-refractivity contribution in [3.8, 4) is 28.7 Å². The van der Waals surface area contributed by atoms with Crippen LogP contribution >= 0.6 is 0 Å². The molecule has 0 radical (unpaired) electrons. The Kier molecular flexibility index (Phi) is 7.43. The zero-order valence-corrected chi connectivity index (χ0v) is 17.4. The molecule has 9 heteroatoms. The molecule has 3 atom stereocenters. The van der Waals surface area contributed by atoms with Crippen molar-refractivity contribution in [3.63, 3.8) is 0 Å². The van der Waals surface area contributed by atoms with Crippen molar-refractivity contribution in [1.82, 2.24) is 5.32 Å². The molecule has 4 N–H and O–H groups in total. The Balaban J connectivity index is 1.45. The maximum absolute atomic E-state index is 11.0. The van der Waals surface area contributed by atoms with E-state index in [1.165, 1.54) is 19.2 Å². The number of aliphatic hydroxyl groups excluding tert-OH is 1. The summed E-state index contributed by atoms with van der Waals surface area (Å²) in [6, 6.07) is 9.98. The third kappa shape index (κ3) is 6.16. The molecule has 0 aromatic heterocycles. The number of carboxylic acid groups (broad SMARTS) is 1. The van der Waals surface area contributed by atoms with Gasteiger partial charge in [-0.2, -0.15) is 0 Å². The van der Waals surface area contributed by atoms with Crippen molar-refractivity contribution < 1.29 is 39.1 Å². The predicted octanol–water partition coefficient (Wildman–Crippen LogP) is 1.59. The third-order valence-electron chi connectivity index (χ3n) is 4.77. The van der Waals surface area contributed by atoms with Gasteiger partial charge in [0.25, 0.3) is 0 Å². The van der Waals surface area contributed by atoms with Crippen LogP contribution < -0.4 is 24.3 Å². The maximum atomic E-state index is 11.0. The maximum Gasteiger partial charge on any atom is 0.348 e. The van der Waals surface area contributed by atoms with E-state index < -0.39 is 18.2 Å². The highest BCUT2D eigenvalue weighted by Crippen LogP contribution is 2.33. The van der Waals surface area contributed by atoms with E-state index in [-0.39, 0.29) is 25.0 Å². The predicted molar refractivity (Wildman–Crippen MR) is 111 cm³/mol. The van der Waals surface area contributed by atoms with Crippen molar-refractivity contribution in [2.75, 3.05) is 26.9 Å². The number of rotatable bonds is 10. The quantitative estimate of drug-likeness (QED) is 0.442. The number of carbonyl (C=O) groups is 1. The Morgan fingerprint density at radius 1 is 1.23 bits per heavy atom. The zero-order chi connectivity index (χ0) is 22.4. The third-order valence-corrected chi connectivity index (χ3v) is 4.77. The van der Waals surface area contributed by atoms with Crippen LogP contribution in [0.2, 0.25) is 0 Å². The standard InChI is InChI=1S/C22H27NO8/c1-13(7-14-3-5-18-20(8-14)30-12-21(31-18)22(26)27)23-10-16(25)11-29-17-6-4-15(24)9-19(17)28-2/h3-6,8-9,13,16,21,23-25H,7,10-12H2,1-2H3,(H,26,27)/t13-,16+,21?/m1/s1. The van der Waals surface area contributed by atoms with E-state index in [0.717, 1.165) is 5.56 Å². The molecule has 1 unspecified atom stereocenters. The molecule has 0 fully saturated rings. The molecule has 1 aliphatic rings. The van der Waals surface area contributed by atoms with E-state index in [9.17, 15) is 15.0 Å². The highest BCUT2D eigenvalue weighted by molar-refractivity contribution is 5.73. The van der Waals surface area contributed by atoms with Crippen LogP contribution in [0.25, 0.3) is 0 Å². The largest absolute Gasteiger partial charge is 0.508 e. The average molecular weight is 433 g/mol. The fourth-order valence-corrected chi connectivity index (χ4v) is 3.15. The van der Waals surface area contributed by atoms with Crippen molar-refractivity contribution in [1.29, 1.82) is 0 Å². The number of nitrogens with one attached hydrogen (secondary N) is 1. The molecule has 1 aliphatic heterocycles. The number of phenolic OH excluding ortho intramolecular Hbond substituents is 1. The lowest BCUT2D eigenvalue weighted by Gasteiger charge is -2.24. The van der Waals surface area contributed by atoms with Gasteiger partial charge in [-0.15, -0.1) is 0 Å². The minimum atomic E-state index is -1.06. The Morgan fingerprint density at radius 2 is 2.03 bits per heavy atom. The number of aliphatic carboxylic acids is 1. The first kappa shape index (κ1) is 22.5. The number of benzene rings is 2. The minimum Gasteiger partial charge on any atom is -0.508 e. The monoisotopic (exact) mass is 433 g/mol. The molecule has 0 bridgehead atoms. The Morgan fingerprint density at radius 3 is 2.77 bits per heavy atom. The Bertz CT molecular complexity index is 903. The number of aliphatic hydroxyl groups is 1. The van der Waals surface area contributed by atoms with Crippen LogP contribution in [0.5, 0.6) is 28.7 Å². The SMILES string of the molecule is COc1cc(O)ccc1OC[C@@H](O)CN[C@H](C)Cc1ccc2c(c1)OCC(C(=O)O)O2. The molecule has 0 amide bonds. The first-order valence-electron chi connectivity index (χ1n) is 9.92. The fourth-order valence-electron chi connectivity index (χ4n) is 3.15. The van der Waals surface area contributed by atoms with Crippen LogP contribution in [-0.4, -0.2) is 66.4 Å². The van der Waals surface area contributed by atoms with E-state index in [1.54, 1.807) is 12.1 Å². The van der Waals surface area contributed by atoms with Crippen LogP contribution in [0.4, 0.5) is 0 Å². The molecule has 168 valence electrons. The topological polar surface area (TPSA) is 127 Å². The van der Waals surface area contributed by atoms with Gasteiger partial charge in [0.2, 0.25) is 6.10 Å². The molecule has 0 saturated heterocycles. The number of aromatic hydroxyl groups is 1. The lowest BCUT2D eigenvalue weighted by Crippen LogP contribution is -2.37. The molecule has 0 saturated carbocycles. The number of methoxy groups -OCH3 is 1. The van der Waals surface area contributed by atoms with Gasteiger partial charge >= 0.3 is 5.97 Å². The summed E-state index contributed by atoms with van der Waals surface area (Å²) in [5.41, 5.74) is 0.996. The number of carboxylic acids is 1. The lowest BCUT2D eigenvalue weighted by molar-refractivity contribution is -0.147. The summed E-state index contributed by atoms with van der Waals surface area (Å²) >= 11 is 0. The molecule has 3 rings (SSSR count). The summed E-state index contributed by atoms with van der Waals surface area (Å²) < 4.78 is 21.7. The summed E-state index contributed by atoms with van der Waals surface area (Å²) in [5.74, 6) is 0.786. The molecular weight excluding hydrogens is 406 g/mol. The van der Waals surface area contributed by atoms with Gasteiger partial charge in [0.15, 0.2) is 23.0 Å². The summed E-state index contributed by atoms with van der Waals surface area (Å²) in [7, 11) is 1.48. The fraction of sp³-hybridized carbons (Fsp3) is 0.409. The lowest BCUT2D eigenvalue weighted by atomic mass is 10.1. The molecule has 9 nitrogen and oxygen atoms in total. The summed E-state index contributed by atoms with van der Waals surface area (Å²) in [4.78, 5) is 11.0. The molecule has 0 aliphatic carbocycles. The molecule has 31 heavy (non-hydrogen) atoms. The van der Waals surface area contributed by atoms with Crippen LogP contribution in [0.3, 0.4) is 0 Å². The van der Waals surface area contributed by atoms with Gasteiger partial charge in [-0.05, 0) is 43.2 Å². The van der Waals surface area contributed by atoms with Gasteiger partial charge in [0.05, 0.1) is 7.11 Å². The average Bonchev–Trinajstić information content (AvgIpc) is 2.76. The molecule has 0 spiro atoms. The van der Waals surface area contributed by atoms with Gasteiger partial charge in [0, 0.05) is 18.7 Å². The Labute approximate surface area is 180 Å². The minimum absolute atomic E-state index is 0.0302. The van der Waals surface area contributed by atoms with Gasteiger partial charge in [-0.3, -0.25) is 0 Å². The van der Waals surface area contributed by atoms with Gasteiger partial charge in [-0.25, -0.2) is 4.79 Å². The number of hydrogen-bond acceptors (Lipinski definition) is 8. The summed E-state index contributed by atoms with van der Waals surface area (Å²) in [6.45, 7) is 2.35. The van der Waals surface area contributed by atoms with Crippen LogP contribution in [0.15, 0.2) is 36.4 Å². The van der Waals surface area contributed by atoms with Crippen molar-refractivity contribution in [3.05, 3.63) is 42.0 Å². The summed E-state index contributed by atoms with van der Waals surface area (Å²) in [6.07, 6.45) is -1.06. The second-order valence-corrected chi connectivity index (χ2v) is 7.35. The van der Waals surface area contributed by atoms with Crippen LogP contribution in [-0.2, 0) is 11.2 Å².